The van der Waals surface area contributed by atoms with Gasteiger partial charge in [0.1, 0.15) is 6.54 Å². The first-order valence-electron chi connectivity index (χ1n) is 7.76. The molecule has 0 aromatic carbocycles. The van der Waals surface area contributed by atoms with Gasteiger partial charge in [0.2, 0.25) is 5.91 Å². The lowest BCUT2D eigenvalue weighted by molar-refractivity contribution is -0.127. The maximum Gasteiger partial charge on any atom is 0.243 e. The lowest BCUT2D eigenvalue weighted by Gasteiger charge is -2.14. The van der Waals surface area contributed by atoms with Gasteiger partial charge in [-0.3, -0.25) is 4.79 Å². The zero-order valence-corrected chi connectivity index (χ0v) is 15.5. The van der Waals surface area contributed by atoms with Gasteiger partial charge in [-0.1, -0.05) is 13.8 Å². The van der Waals surface area contributed by atoms with Crippen LogP contribution in [-0.2, 0) is 9.53 Å². The van der Waals surface area contributed by atoms with E-state index in [4.69, 9.17) is 4.74 Å². The normalized spacial score (nSPS) is 11.6. The van der Waals surface area contributed by atoms with Crippen LogP contribution in [0.3, 0.4) is 0 Å². The summed E-state index contributed by atoms with van der Waals surface area (Å²) in [5.74, 6) is 2.30. The summed E-state index contributed by atoms with van der Waals surface area (Å²) in [7, 11) is 3.46. The van der Waals surface area contributed by atoms with Crippen molar-refractivity contribution in [3.8, 4) is 0 Å². The molecule has 0 aliphatic rings. The molecule has 0 aliphatic heterocycles. The van der Waals surface area contributed by atoms with E-state index in [9.17, 15) is 4.79 Å². The number of likely N-dealkylation sites (N-methyl/N-ethyl adjacent to an activating group) is 1. The van der Waals surface area contributed by atoms with Crippen molar-refractivity contribution in [1.29, 1.82) is 0 Å². The van der Waals surface area contributed by atoms with Gasteiger partial charge in [-0.05, 0) is 18.6 Å². The van der Waals surface area contributed by atoms with Gasteiger partial charge in [0.25, 0.3) is 0 Å². The van der Waals surface area contributed by atoms with Crippen LogP contribution >= 0.6 is 11.8 Å². The molecule has 0 unspecified atom stereocenters. The average Bonchev–Trinajstić information content (AvgIpc) is 2.46. The summed E-state index contributed by atoms with van der Waals surface area (Å²) >= 11 is 1.77. The number of aliphatic imine (C=N–C) groups is 1. The topological polar surface area (TPSA) is 66.0 Å². The number of ether oxygens (including phenoxy) is 1. The van der Waals surface area contributed by atoms with E-state index in [-0.39, 0.29) is 12.5 Å². The van der Waals surface area contributed by atoms with E-state index in [1.165, 1.54) is 4.90 Å². The largest absolute Gasteiger partial charge is 0.380 e. The molecule has 0 spiro atoms. The van der Waals surface area contributed by atoms with E-state index in [1.54, 1.807) is 25.9 Å². The highest BCUT2D eigenvalue weighted by atomic mass is 32.2. The summed E-state index contributed by atoms with van der Waals surface area (Å²) in [6.07, 6.45) is 3.13. The van der Waals surface area contributed by atoms with Crippen LogP contribution in [-0.4, -0.2) is 75.7 Å². The summed E-state index contributed by atoms with van der Waals surface area (Å²) in [5, 5.41) is 6.41. The van der Waals surface area contributed by atoms with Crippen LogP contribution < -0.4 is 10.6 Å². The van der Waals surface area contributed by atoms with E-state index < -0.39 is 0 Å². The van der Waals surface area contributed by atoms with Gasteiger partial charge in [0, 0.05) is 39.5 Å². The smallest absolute Gasteiger partial charge is 0.243 e. The molecule has 0 bridgehead atoms. The first-order valence-corrected chi connectivity index (χ1v) is 9.15. The third-order valence-corrected chi connectivity index (χ3v) is 3.46. The van der Waals surface area contributed by atoms with Gasteiger partial charge in [-0.25, -0.2) is 4.99 Å². The molecule has 0 aromatic rings. The van der Waals surface area contributed by atoms with Gasteiger partial charge in [0.05, 0.1) is 6.61 Å². The molecule has 0 saturated carbocycles. The molecule has 6 nitrogen and oxygen atoms in total. The van der Waals surface area contributed by atoms with Crippen LogP contribution in [0.15, 0.2) is 4.99 Å². The van der Waals surface area contributed by atoms with E-state index >= 15 is 0 Å². The van der Waals surface area contributed by atoms with Gasteiger partial charge < -0.3 is 20.3 Å². The van der Waals surface area contributed by atoms with Crippen molar-refractivity contribution in [2.24, 2.45) is 10.9 Å². The molecule has 130 valence electrons. The molecule has 0 saturated heterocycles. The number of nitrogens with zero attached hydrogens (tertiary/aromatic N) is 2. The Hall–Kier alpha value is -0.950. The quantitative estimate of drug-likeness (QED) is 0.336. The number of guanidine groups is 1. The number of rotatable bonds is 11. The molecule has 0 heterocycles. The van der Waals surface area contributed by atoms with Crippen molar-refractivity contribution in [2.75, 3.05) is 59.0 Å². The predicted octanol–water partition coefficient (Wildman–Crippen LogP) is 1.04. The number of hydrogen-bond acceptors (Lipinski definition) is 4. The highest BCUT2D eigenvalue weighted by Gasteiger charge is 2.04. The fraction of sp³-hybridized carbons (Fsp3) is 0.867. The number of amides is 1. The standard InChI is InChI=1S/C15H32N4O2S/c1-13(2)6-9-21-10-7-16-15(17-8-11-22-5)18-12-14(20)19(3)4/h13H,6-12H2,1-5H3,(H2,16,17,18). The van der Waals surface area contributed by atoms with Crippen molar-refractivity contribution >= 4 is 23.6 Å². The fourth-order valence-electron chi connectivity index (χ4n) is 1.40. The van der Waals surface area contributed by atoms with E-state index in [0.29, 0.717) is 25.0 Å². The Balaban J connectivity index is 4.06. The zero-order chi connectivity index (χ0) is 16.8. The minimum atomic E-state index is -0.0147. The van der Waals surface area contributed by atoms with Gasteiger partial charge in [-0.15, -0.1) is 0 Å². The molecule has 22 heavy (non-hydrogen) atoms. The number of carbonyl (C=O) groups is 1. The number of hydrogen-bond donors (Lipinski definition) is 2. The fourth-order valence-corrected chi connectivity index (χ4v) is 1.70. The van der Waals surface area contributed by atoms with Crippen LogP contribution in [0, 0.1) is 5.92 Å². The van der Waals surface area contributed by atoms with Gasteiger partial charge in [0.15, 0.2) is 5.96 Å². The summed E-state index contributed by atoms with van der Waals surface area (Å²) in [6.45, 7) is 7.43. The molecule has 7 heteroatoms. The van der Waals surface area contributed by atoms with E-state index in [2.05, 4.69) is 35.7 Å². The summed E-state index contributed by atoms with van der Waals surface area (Å²) < 4.78 is 5.56. The van der Waals surface area contributed by atoms with Gasteiger partial charge >= 0.3 is 0 Å². The van der Waals surface area contributed by atoms with E-state index in [1.807, 2.05) is 0 Å². The Bertz CT molecular complexity index is 323. The minimum Gasteiger partial charge on any atom is -0.380 e. The second-order valence-corrected chi connectivity index (χ2v) is 6.58. The molecular formula is C15H32N4O2S. The predicted molar refractivity (Wildman–Crippen MR) is 95.7 cm³/mol. The number of thioether (sulfide) groups is 1. The Morgan fingerprint density at radius 2 is 1.91 bits per heavy atom. The monoisotopic (exact) mass is 332 g/mol. The first kappa shape index (κ1) is 21.0. The first-order chi connectivity index (χ1) is 10.5. The molecule has 0 atom stereocenters. The molecule has 0 aromatic heterocycles. The Labute approximate surface area is 139 Å². The third-order valence-electron chi connectivity index (χ3n) is 2.85. The van der Waals surface area contributed by atoms with Gasteiger partial charge in [-0.2, -0.15) is 11.8 Å². The van der Waals surface area contributed by atoms with Crippen molar-refractivity contribution in [2.45, 2.75) is 20.3 Å². The number of nitrogens with one attached hydrogen (secondary N) is 2. The zero-order valence-electron chi connectivity index (χ0n) is 14.6. The summed E-state index contributed by atoms with van der Waals surface area (Å²) in [5.41, 5.74) is 0. The Morgan fingerprint density at radius 3 is 2.50 bits per heavy atom. The summed E-state index contributed by atoms with van der Waals surface area (Å²) in [4.78, 5) is 17.4. The molecule has 0 fully saturated rings. The summed E-state index contributed by atoms with van der Waals surface area (Å²) in [6, 6.07) is 0. The highest BCUT2D eigenvalue weighted by Crippen LogP contribution is 1.98. The number of carbonyl (C=O) groups excluding carboxylic acids is 1. The van der Waals surface area contributed by atoms with Crippen molar-refractivity contribution < 1.29 is 9.53 Å². The maximum absolute atomic E-state index is 11.6. The minimum absolute atomic E-state index is 0.0147. The van der Waals surface area contributed by atoms with Crippen LogP contribution in [0.1, 0.15) is 20.3 Å². The molecule has 0 rings (SSSR count). The maximum atomic E-state index is 11.6. The Kier molecular flexibility index (Phi) is 13.1. The highest BCUT2D eigenvalue weighted by molar-refractivity contribution is 7.98. The SMILES string of the molecule is CSCCNC(=NCC(=O)N(C)C)NCCOCCC(C)C. The van der Waals surface area contributed by atoms with Crippen LogP contribution in [0.4, 0.5) is 0 Å². The molecular weight excluding hydrogens is 300 g/mol. The second kappa shape index (κ2) is 13.7. The molecule has 1 amide bonds. The second-order valence-electron chi connectivity index (χ2n) is 5.59. The van der Waals surface area contributed by atoms with Crippen LogP contribution in [0.2, 0.25) is 0 Å². The molecule has 2 N–H and O–H groups in total. The molecule has 0 aliphatic carbocycles. The van der Waals surface area contributed by atoms with E-state index in [0.717, 1.165) is 25.3 Å². The van der Waals surface area contributed by atoms with Crippen molar-refractivity contribution in [3.63, 3.8) is 0 Å². The average molecular weight is 333 g/mol. The van der Waals surface area contributed by atoms with Crippen molar-refractivity contribution in [3.05, 3.63) is 0 Å². The third kappa shape index (κ3) is 12.8. The lowest BCUT2D eigenvalue weighted by atomic mass is 10.1. The molecule has 0 radical (unpaired) electrons. The van der Waals surface area contributed by atoms with Crippen LogP contribution in [0.5, 0.6) is 0 Å². The Morgan fingerprint density at radius 1 is 1.23 bits per heavy atom. The van der Waals surface area contributed by atoms with Crippen LogP contribution in [0.25, 0.3) is 0 Å². The van der Waals surface area contributed by atoms with Crippen molar-refractivity contribution in [1.82, 2.24) is 15.5 Å². The lowest BCUT2D eigenvalue weighted by Crippen LogP contribution is -2.41.